The molecule has 0 saturated heterocycles. The third-order valence-corrected chi connectivity index (χ3v) is 3.56. The second-order valence-corrected chi connectivity index (χ2v) is 5.33. The Kier molecular flexibility index (Phi) is 4.42. The number of aromatic amines is 1. The normalized spacial score (nSPS) is 11.8. The van der Waals surface area contributed by atoms with E-state index in [1.807, 2.05) is 54.6 Å². The van der Waals surface area contributed by atoms with Gasteiger partial charge >= 0.3 is 6.03 Å². The number of primary amides is 1. The molecule has 3 amide bonds. The van der Waals surface area contributed by atoms with E-state index in [0.717, 1.165) is 16.6 Å². The molecule has 0 aliphatic rings. The molecular formula is C17H17N5O2. The first-order valence-corrected chi connectivity index (χ1v) is 7.47. The number of imidazole rings is 1. The van der Waals surface area contributed by atoms with Crippen molar-refractivity contribution in [1.82, 2.24) is 15.3 Å². The van der Waals surface area contributed by atoms with Crippen molar-refractivity contribution in [3.8, 4) is 0 Å². The molecule has 3 aromatic rings. The SMILES string of the molecule is NC(=O)N[C@H](CC(=O)Nc1nc2ccccc2[nH]1)c1ccccc1. The third kappa shape index (κ3) is 3.70. The monoisotopic (exact) mass is 323 g/mol. The van der Waals surface area contributed by atoms with E-state index in [4.69, 9.17) is 5.73 Å². The number of hydrogen-bond acceptors (Lipinski definition) is 3. The Hall–Kier alpha value is -3.35. The topological polar surface area (TPSA) is 113 Å². The summed E-state index contributed by atoms with van der Waals surface area (Å²) in [7, 11) is 0. The summed E-state index contributed by atoms with van der Waals surface area (Å²) < 4.78 is 0. The molecule has 122 valence electrons. The average Bonchev–Trinajstić information content (AvgIpc) is 2.96. The number of nitrogens with zero attached hydrogens (tertiary/aromatic N) is 1. The van der Waals surface area contributed by atoms with E-state index in [0.29, 0.717) is 5.95 Å². The van der Waals surface area contributed by atoms with Gasteiger partial charge in [-0.3, -0.25) is 10.1 Å². The molecule has 7 nitrogen and oxygen atoms in total. The van der Waals surface area contributed by atoms with E-state index in [1.165, 1.54) is 0 Å². The number of nitrogens with two attached hydrogens (primary N) is 1. The molecule has 0 saturated carbocycles. The molecule has 1 atom stereocenters. The van der Waals surface area contributed by atoms with Crippen molar-refractivity contribution < 1.29 is 9.59 Å². The lowest BCUT2D eigenvalue weighted by molar-refractivity contribution is -0.116. The molecule has 0 spiro atoms. The summed E-state index contributed by atoms with van der Waals surface area (Å²) in [5, 5.41) is 5.29. The molecule has 0 fully saturated rings. The van der Waals surface area contributed by atoms with Crippen molar-refractivity contribution in [3.63, 3.8) is 0 Å². The van der Waals surface area contributed by atoms with Gasteiger partial charge in [0, 0.05) is 0 Å². The molecule has 3 rings (SSSR count). The van der Waals surface area contributed by atoms with Crippen LogP contribution in [-0.2, 0) is 4.79 Å². The molecule has 7 heteroatoms. The average molecular weight is 323 g/mol. The lowest BCUT2D eigenvalue weighted by atomic mass is 10.0. The van der Waals surface area contributed by atoms with Crippen LogP contribution in [-0.4, -0.2) is 21.9 Å². The second-order valence-electron chi connectivity index (χ2n) is 5.33. The van der Waals surface area contributed by atoms with Crippen LogP contribution in [0.3, 0.4) is 0 Å². The zero-order valence-electron chi connectivity index (χ0n) is 12.8. The number of benzene rings is 2. The van der Waals surface area contributed by atoms with Crippen LogP contribution in [0, 0.1) is 0 Å². The van der Waals surface area contributed by atoms with Crippen molar-refractivity contribution in [2.45, 2.75) is 12.5 Å². The molecule has 0 radical (unpaired) electrons. The van der Waals surface area contributed by atoms with Crippen LogP contribution in [0.4, 0.5) is 10.7 Å². The summed E-state index contributed by atoms with van der Waals surface area (Å²) in [5.41, 5.74) is 7.61. The van der Waals surface area contributed by atoms with Gasteiger partial charge in [0.1, 0.15) is 0 Å². The van der Waals surface area contributed by atoms with Crippen LogP contribution >= 0.6 is 0 Å². The van der Waals surface area contributed by atoms with Gasteiger partial charge in [0.15, 0.2) is 0 Å². The quantitative estimate of drug-likeness (QED) is 0.578. The summed E-state index contributed by atoms with van der Waals surface area (Å²) in [5.74, 6) is 0.0868. The summed E-state index contributed by atoms with van der Waals surface area (Å²) in [4.78, 5) is 30.8. The summed E-state index contributed by atoms with van der Waals surface area (Å²) in [6, 6.07) is 15.5. The largest absolute Gasteiger partial charge is 0.352 e. The molecule has 0 aliphatic heterocycles. The van der Waals surface area contributed by atoms with Crippen LogP contribution in [0.5, 0.6) is 0 Å². The Morgan fingerprint density at radius 3 is 2.50 bits per heavy atom. The number of aromatic nitrogens is 2. The predicted molar refractivity (Wildman–Crippen MR) is 91.2 cm³/mol. The van der Waals surface area contributed by atoms with Crippen LogP contribution < -0.4 is 16.4 Å². The molecule has 5 N–H and O–H groups in total. The smallest absolute Gasteiger partial charge is 0.312 e. The van der Waals surface area contributed by atoms with Gasteiger partial charge in [-0.15, -0.1) is 0 Å². The molecule has 1 aromatic heterocycles. The predicted octanol–water partition coefficient (Wildman–Crippen LogP) is 2.30. The highest BCUT2D eigenvalue weighted by molar-refractivity contribution is 5.91. The fourth-order valence-electron chi connectivity index (χ4n) is 2.49. The molecule has 2 aromatic carbocycles. The maximum Gasteiger partial charge on any atom is 0.312 e. The van der Waals surface area contributed by atoms with Crippen LogP contribution in [0.1, 0.15) is 18.0 Å². The highest BCUT2D eigenvalue weighted by Crippen LogP contribution is 2.18. The number of carbonyl (C=O) groups excluding carboxylic acids is 2. The first-order chi connectivity index (χ1) is 11.6. The number of H-pyrrole nitrogens is 1. The number of para-hydroxylation sites is 2. The minimum Gasteiger partial charge on any atom is -0.352 e. The number of urea groups is 1. The van der Waals surface area contributed by atoms with Gasteiger partial charge in [-0.2, -0.15) is 0 Å². The molecule has 0 aliphatic carbocycles. The third-order valence-electron chi connectivity index (χ3n) is 3.56. The Morgan fingerprint density at radius 2 is 1.79 bits per heavy atom. The lowest BCUT2D eigenvalue weighted by Crippen LogP contribution is -2.35. The van der Waals surface area contributed by atoms with E-state index < -0.39 is 12.1 Å². The van der Waals surface area contributed by atoms with E-state index in [1.54, 1.807) is 0 Å². The molecule has 0 bridgehead atoms. The maximum atomic E-state index is 12.3. The highest BCUT2D eigenvalue weighted by Gasteiger charge is 2.18. The van der Waals surface area contributed by atoms with E-state index in [-0.39, 0.29) is 12.3 Å². The van der Waals surface area contributed by atoms with Gasteiger partial charge in [-0.1, -0.05) is 42.5 Å². The number of carbonyl (C=O) groups is 2. The fourth-order valence-corrected chi connectivity index (χ4v) is 2.49. The highest BCUT2D eigenvalue weighted by atomic mass is 16.2. The van der Waals surface area contributed by atoms with Crippen molar-refractivity contribution in [3.05, 3.63) is 60.2 Å². The van der Waals surface area contributed by atoms with Crippen molar-refractivity contribution in [2.24, 2.45) is 5.73 Å². The van der Waals surface area contributed by atoms with Gasteiger partial charge in [0.05, 0.1) is 23.5 Å². The zero-order chi connectivity index (χ0) is 16.9. The molecule has 0 unspecified atom stereocenters. The van der Waals surface area contributed by atoms with Gasteiger partial charge < -0.3 is 16.0 Å². The Balaban J connectivity index is 1.72. The fraction of sp³-hybridized carbons (Fsp3) is 0.118. The second kappa shape index (κ2) is 6.82. The molecule has 24 heavy (non-hydrogen) atoms. The molecule has 1 heterocycles. The first kappa shape index (κ1) is 15.5. The Labute approximate surface area is 138 Å². The van der Waals surface area contributed by atoms with Crippen molar-refractivity contribution in [1.29, 1.82) is 0 Å². The number of amides is 3. The van der Waals surface area contributed by atoms with Gasteiger partial charge in [0.25, 0.3) is 0 Å². The minimum atomic E-state index is -0.680. The van der Waals surface area contributed by atoms with Crippen LogP contribution in [0.15, 0.2) is 54.6 Å². The van der Waals surface area contributed by atoms with Crippen molar-refractivity contribution in [2.75, 3.05) is 5.32 Å². The number of rotatable bonds is 5. The first-order valence-electron chi connectivity index (χ1n) is 7.47. The zero-order valence-corrected chi connectivity index (χ0v) is 12.8. The van der Waals surface area contributed by atoms with Crippen molar-refractivity contribution >= 4 is 28.9 Å². The van der Waals surface area contributed by atoms with Crippen LogP contribution in [0.2, 0.25) is 0 Å². The Bertz CT molecular complexity index is 827. The van der Waals surface area contributed by atoms with Gasteiger partial charge in [0.2, 0.25) is 11.9 Å². The number of anilines is 1. The van der Waals surface area contributed by atoms with E-state index >= 15 is 0 Å². The van der Waals surface area contributed by atoms with Gasteiger partial charge in [-0.25, -0.2) is 9.78 Å². The number of fused-ring (bicyclic) bond motifs is 1. The lowest BCUT2D eigenvalue weighted by Gasteiger charge is -2.17. The van der Waals surface area contributed by atoms with Crippen LogP contribution in [0.25, 0.3) is 11.0 Å². The molecular weight excluding hydrogens is 306 g/mol. The van der Waals surface area contributed by atoms with E-state index in [9.17, 15) is 9.59 Å². The summed E-state index contributed by atoms with van der Waals surface area (Å²) in [6.07, 6.45) is 0.0456. The number of hydrogen-bond donors (Lipinski definition) is 4. The summed E-state index contributed by atoms with van der Waals surface area (Å²) in [6.45, 7) is 0. The standard InChI is InChI=1S/C17H17N5O2/c18-16(24)19-14(11-6-2-1-3-7-11)10-15(23)22-17-20-12-8-4-5-9-13(12)21-17/h1-9,14H,10H2,(H3,18,19,24)(H2,20,21,22,23)/t14-/m1/s1. The summed E-state index contributed by atoms with van der Waals surface area (Å²) >= 11 is 0. The minimum absolute atomic E-state index is 0.0456. The Morgan fingerprint density at radius 1 is 1.08 bits per heavy atom. The van der Waals surface area contributed by atoms with Gasteiger partial charge in [-0.05, 0) is 17.7 Å². The van der Waals surface area contributed by atoms with E-state index in [2.05, 4.69) is 20.6 Å². The maximum absolute atomic E-state index is 12.3. The number of nitrogens with one attached hydrogen (secondary N) is 3.